The summed E-state index contributed by atoms with van der Waals surface area (Å²) in [6.07, 6.45) is 0. The number of rotatable bonds is 2. The largest absolute Gasteiger partial charge is 0.494 e. The second-order valence-corrected chi connectivity index (χ2v) is 3.20. The van der Waals surface area contributed by atoms with Gasteiger partial charge in [0.1, 0.15) is 24.5 Å². The van der Waals surface area contributed by atoms with E-state index >= 15 is 0 Å². The summed E-state index contributed by atoms with van der Waals surface area (Å²) >= 11 is 0. The number of aromatic carboxylic acids is 1. The van der Waals surface area contributed by atoms with Gasteiger partial charge in [-0.15, -0.1) is 0 Å². The summed E-state index contributed by atoms with van der Waals surface area (Å²) in [6, 6.07) is 1.35. The Morgan fingerprint density at radius 2 is 2.19 bits per heavy atom. The maximum absolute atomic E-state index is 11.0. The summed E-state index contributed by atoms with van der Waals surface area (Å²) in [6.45, 7) is 0.755. The summed E-state index contributed by atoms with van der Waals surface area (Å²) in [5.74, 6) is -0.354. The molecule has 86 valence electrons. The van der Waals surface area contributed by atoms with Gasteiger partial charge in [-0.25, -0.2) is 4.79 Å². The molecule has 0 saturated heterocycles. The number of nitrogens with two attached hydrogens (primary N) is 1. The van der Waals surface area contributed by atoms with Crippen LogP contribution in [-0.4, -0.2) is 31.4 Å². The summed E-state index contributed by atoms with van der Waals surface area (Å²) in [5, 5.41) is 8.99. The van der Waals surface area contributed by atoms with Gasteiger partial charge in [-0.05, 0) is 0 Å². The number of hydrogen-bond donors (Lipinski definition) is 2. The quantitative estimate of drug-likeness (QED) is 0.721. The summed E-state index contributed by atoms with van der Waals surface area (Å²) < 4.78 is 15.5. The van der Waals surface area contributed by atoms with Crippen LogP contribution in [0.25, 0.3) is 0 Å². The fraction of sp³-hybridized carbons (Fsp3) is 0.300. The Bertz CT molecular complexity index is 443. The van der Waals surface area contributed by atoms with Crippen molar-refractivity contribution in [1.29, 1.82) is 0 Å². The zero-order chi connectivity index (χ0) is 11.7. The van der Waals surface area contributed by atoms with E-state index in [1.165, 1.54) is 13.2 Å². The van der Waals surface area contributed by atoms with Gasteiger partial charge in [0.25, 0.3) is 0 Å². The minimum atomic E-state index is -1.12. The maximum atomic E-state index is 11.0. The molecule has 0 amide bonds. The monoisotopic (exact) mass is 225 g/mol. The van der Waals surface area contributed by atoms with Crippen LogP contribution in [0.3, 0.4) is 0 Å². The van der Waals surface area contributed by atoms with E-state index in [1.54, 1.807) is 0 Å². The minimum Gasteiger partial charge on any atom is -0.494 e. The lowest BCUT2D eigenvalue weighted by molar-refractivity contribution is 0.0692. The highest BCUT2D eigenvalue weighted by atomic mass is 16.6. The average molecular weight is 225 g/mol. The van der Waals surface area contributed by atoms with Gasteiger partial charge in [0, 0.05) is 6.07 Å². The van der Waals surface area contributed by atoms with E-state index in [-0.39, 0.29) is 17.0 Å². The highest BCUT2D eigenvalue weighted by molar-refractivity contribution is 5.95. The van der Waals surface area contributed by atoms with Crippen molar-refractivity contribution in [1.82, 2.24) is 0 Å². The zero-order valence-corrected chi connectivity index (χ0v) is 8.65. The molecule has 0 saturated carbocycles. The van der Waals surface area contributed by atoms with E-state index in [1.807, 2.05) is 0 Å². The number of hydrogen-bond acceptors (Lipinski definition) is 5. The first kappa shape index (κ1) is 10.4. The van der Waals surface area contributed by atoms with Crippen molar-refractivity contribution >= 4 is 11.7 Å². The molecule has 0 fully saturated rings. The SMILES string of the molecule is COc1c(C(=O)O)cc2c(c1N)OCCO2. The maximum Gasteiger partial charge on any atom is 0.339 e. The molecule has 1 aromatic carbocycles. The second-order valence-electron chi connectivity index (χ2n) is 3.20. The van der Waals surface area contributed by atoms with Crippen LogP contribution < -0.4 is 19.9 Å². The molecule has 0 atom stereocenters. The van der Waals surface area contributed by atoms with Crippen molar-refractivity contribution in [3.05, 3.63) is 11.6 Å². The van der Waals surface area contributed by atoms with E-state index < -0.39 is 5.97 Å². The fourth-order valence-corrected chi connectivity index (χ4v) is 1.57. The van der Waals surface area contributed by atoms with Crippen LogP contribution in [0.15, 0.2) is 6.07 Å². The Morgan fingerprint density at radius 3 is 2.81 bits per heavy atom. The van der Waals surface area contributed by atoms with Crippen molar-refractivity contribution in [2.75, 3.05) is 26.1 Å². The van der Waals surface area contributed by atoms with Crippen molar-refractivity contribution in [2.24, 2.45) is 0 Å². The molecule has 1 heterocycles. The first-order valence-electron chi connectivity index (χ1n) is 4.64. The lowest BCUT2D eigenvalue weighted by atomic mass is 10.1. The number of carboxylic acid groups (broad SMARTS) is 1. The Labute approximate surface area is 91.5 Å². The van der Waals surface area contributed by atoms with Crippen LogP contribution in [0.4, 0.5) is 5.69 Å². The van der Waals surface area contributed by atoms with E-state index in [2.05, 4.69) is 0 Å². The second kappa shape index (κ2) is 3.80. The number of benzene rings is 1. The molecule has 1 aliphatic heterocycles. The molecular formula is C10H11NO5. The van der Waals surface area contributed by atoms with Crippen LogP contribution >= 0.6 is 0 Å². The molecule has 1 aliphatic rings. The number of anilines is 1. The minimum absolute atomic E-state index is 0.0377. The Kier molecular flexibility index (Phi) is 2.47. The topological polar surface area (TPSA) is 91.0 Å². The highest BCUT2D eigenvalue weighted by Crippen LogP contribution is 2.44. The third-order valence-electron chi connectivity index (χ3n) is 2.25. The van der Waals surface area contributed by atoms with Gasteiger partial charge >= 0.3 is 5.97 Å². The molecule has 0 aliphatic carbocycles. The van der Waals surface area contributed by atoms with Crippen LogP contribution in [0.5, 0.6) is 17.2 Å². The van der Waals surface area contributed by atoms with E-state index in [9.17, 15) is 4.79 Å². The summed E-state index contributed by atoms with van der Waals surface area (Å²) in [7, 11) is 1.36. The molecule has 0 bridgehead atoms. The Morgan fingerprint density at radius 1 is 1.50 bits per heavy atom. The predicted molar refractivity (Wildman–Crippen MR) is 55.4 cm³/mol. The van der Waals surface area contributed by atoms with Gasteiger partial charge in [0.2, 0.25) is 0 Å². The predicted octanol–water partition coefficient (Wildman–Crippen LogP) is 0.747. The molecular weight excluding hydrogens is 214 g/mol. The number of fused-ring (bicyclic) bond motifs is 1. The molecule has 0 radical (unpaired) electrons. The van der Waals surface area contributed by atoms with Gasteiger partial charge < -0.3 is 25.1 Å². The van der Waals surface area contributed by atoms with E-state index in [0.29, 0.717) is 24.7 Å². The standard InChI is InChI=1S/C10H11NO5/c1-14-8-5(10(12)13)4-6-9(7(8)11)16-3-2-15-6/h4H,2-3,11H2,1H3,(H,12,13). The van der Waals surface area contributed by atoms with Gasteiger partial charge in [-0.1, -0.05) is 0 Å². The molecule has 0 aromatic heterocycles. The zero-order valence-electron chi connectivity index (χ0n) is 8.65. The number of methoxy groups -OCH3 is 1. The third kappa shape index (κ3) is 1.48. The van der Waals surface area contributed by atoms with Gasteiger partial charge in [-0.2, -0.15) is 0 Å². The van der Waals surface area contributed by atoms with Gasteiger partial charge in [0.15, 0.2) is 17.2 Å². The van der Waals surface area contributed by atoms with Crippen molar-refractivity contribution in [2.45, 2.75) is 0 Å². The molecule has 16 heavy (non-hydrogen) atoms. The fourth-order valence-electron chi connectivity index (χ4n) is 1.57. The lowest BCUT2D eigenvalue weighted by Crippen LogP contribution is -2.18. The molecule has 0 spiro atoms. The van der Waals surface area contributed by atoms with Crippen LogP contribution in [0, 0.1) is 0 Å². The molecule has 6 heteroatoms. The highest BCUT2D eigenvalue weighted by Gasteiger charge is 2.24. The van der Waals surface area contributed by atoms with Crippen molar-refractivity contribution < 1.29 is 24.1 Å². The average Bonchev–Trinajstić information content (AvgIpc) is 2.29. The van der Waals surface area contributed by atoms with Crippen LogP contribution in [-0.2, 0) is 0 Å². The van der Waals surface area contributed by atoms with Crippen molar-refractivity contribution in [3.63, 3.8) is 0 Å². The van der Waals surface area contributed by atoms with Crippen LogP contribution in [0.2, 0.25) is 0 Å². The Balaban J connectivity index is 2.64. The lowest BCUT2D eigenvalue weighted by Gasteiger charge is -2.22. The normalized spacial score (nSPS) is 13.3. The third-order valence-corrected chi connectivity index (χ3v) is 2.25. The van der Waals surface area contributed by atoms with Gasteiger partial charge in [0.05, 0.1) is 7.11 Å². The Hall–Kier alpha value is -2.11. The summed E-state index contributed by atoms with van der Waals surface area (Å²) in [5.41, 5.74) is 5.87. The first-order chi connectivity index (χ1) is 7.65. The number of ether oxygens (including phenoxy) is 3. The van der Waals surface area contributed by atoms with Crippen LogP contribution in [0.1, 0.15) is 10.4 Å². The number of carbonyl (C=O) groups is 1. The van der Waals surface area contributed by atoms with Gasteiger partial charge in [-0.3, -0.25) is 0 Å². The number of nitrogen functional groups attached to an aromatic ring is 1. The summed E-state index contributed by atoms with van der Waals surface area (Å²) in [4.78, 5) is 11.0. The first-order valence-corrected chi connectivity index (χ1v) is 4.64. The molecule has 1 aromatic rings. The molecule has 2 rings (SSSR count). The van der Waals surface area contributed by atoms with E-state index in [4.69, 9.17) is 25.1 Å². The molecule has 6 nitrogen and oxygen atoms in total. The molecule has 3 N–H and O–H groups in total. The smallest absolute Gasteiger partial charge is 0.339 e. The van der Waals surface area contributed by atoms with E-state index in [0.717, 1.165) is 0 Å². The number of carboxylic acids is 1. The van der Waals surface area contributed by atoms with Crippen molar-refractivity contribution in [3.8, 4) is 17.2 Å². The molecule has 0 unspecified atom stereocenters.